The fourth-order valence-corrected chi connectivity index (χ4v) is 3.00. The van der Waals surface area contributed by atoms with E-state index in [1.165, 1.54) is 17.3 Å². The highest BCUT2D eigenvalue weighted by molar-refractivity contribution is 8.00. The van der Waals surface area contributed by atoms with E-state index < -0.39 is 0 Å². The largest absolute Gasteiger partial charge is 0.272 e. The molecule has 0 aliphatic rings. The molecule has 0 fully saturated rings. The van der Waals surface area contributed by atoms with Crippen molar-refractivity contribution in [2.24, 2.45) is 0 Å². The second-order valence-corrected chi connectivity index (χ2v) is 6.72. The Labute approximate surface area is 140 Å². The average Bonchev–Trinajstić information content (AvgIpc) is 2.55. The molecular formula is C18H20N2O2S. The molecule has 0 aliphatic heterocycles. The maximum absolute atomic E-state index is 12.1. The molecule has 0 unspecified atom stereocenters. The van der Waals surface area contributed by atoms with Crippen molar-refractivity contribution in [2.45, 2.75) is 30.9 Å². The first kappa shape index (κ1) is 17.1. The molecule has 2 aromatic carbocycles. The summed E-state index contributed by atoms with van der Waals surface area (Å²) in [5, 5.41) is -0.313. The van der Waals surface area contributed by atoms with Crippen molar-refractivity contribution >= 4 is 23.6 Å². The molecule has 2 N–H and O–H groups in total. The van der Waals surface area contributed by atoms with Crippen LogP contribution in [0.4, 0.5) is 0 Å². The minimum atomic E-state index is -0.331. The Morgan fingerprint density at radius 2 is 1.70 bits per heavy atom. The third-order valence-electron chi connectivity index (χ3n) is 3.34. The molecule has 0 bridgehead atoms. The smallest absolute Gasteiger partial charge is 0.269 e. The molecule has 0 heterocycles. The van der Waals surface area contributed by atoms with Gasteiger partial charge in [-0.25, -0.2) is 0 Å². The van der Waals surface area contributed by atoms with Crippen LogP contribution in [0.2, 0.25) is 0 Å². The van der Waals surface area contributed by atoms with Gasteiger partial charge in [0.15, 0.2) is 0 Å². The van der Waals surface area contributed by atoms with Gasteiger partial charge < -0.3 is 0 Å². The van der Waals surface area contributed by atoms with Gasteiger partial charge in [0.05, 0.1) is 5.25 Å². The van der Waals surface area contributed by atoms with Gasteiger partial charge in [-0.1, -0.05) is 35.9 Å². The first-order valence-corrected chi connectivity index (χ1v) is 8.24. The number of hydrogen-bond donors (Lipinski definition) is 2. The van der Waals surface area contributed by atoms with Crippen LogP contribution >= 0.6 is 11.8 Å². The number of thioether (sulfide) groups is 1. The van der Waals surface area contributed by atoms with Crippen LogP contribution in [0.5, 0.6) is 0 Å². The number of rotatable bonds is 4. The van der Waals surface area contributed by atoms with Gasteiger partial charge in [0.2, 0.25) is 0 Å². The van der Waals surface area contributed by atoms with E-state index in [-0.39, 0.29) is 17.1 Å². The van der Waals surface area contributed by atoms with Gasteiger partial charge in [-0.3, -0.25) is 20.4 Å². The molecule has 0 aliphatic carbocycles. The number of carbonyl (C=O) groups excluding carboxylic acids is 2. The molecule has 1 atom stereocenters. The molecule has 0 spiro atoms. The van der Waals surface area contributed by atoms with Crippen LogP contribution in [0.15, 0.2) is 53.4 Å². The Morgan fingerprint density at radius 3 is 2.35 bits per heavy atom. The first-order valence-electron chi connectivity index (χ1n) is 7.36. The monoisotopic (exact) mass is 328 g/mol. The number of benzene rings is 2. The molecule has 0 radical (unpaired) electrons. The Balaban J connectivity index is 1.89. The molecule has 0 saturated heterocycles. The Morgan fingerprint density at radius 1 is 1.00 bits per heavy atom. The van der Waals surface area contributed by atoms with E-state index in [0.717, 1.165) is 10.5 Å². The lowest BCUT2D eigenvalue weighted by Crippen LogP contribution is -2.44. The highest BCUT2D eigenvalue weighted by Gasteiger charge is 2.16. The summed E-state index contributed by atoms with van der Waals surface area (Å²) in [4.78, 5) is 25.1. The topological polar surface area (TPSA) is 58.2 Å². The number of carbonyl (C=O) groups is 2. The lowest BCUT2D eigenvalue weighted by atomic mass is 10.2. The van der Waals surface area contributed by atoms with E-state index in [4.69, 9.17) is 0 Å². The van der Waals surface area contributed by atoms with Crippen molar-refractivity contribution in [3.63, 3.8) is 0 Å². The van der Waals surface area contributed by atoms with Crippen molar-refractivity contribution in [2.75, 3.05) is 0 Å². The molecule has 5 heteroatoms. The molecular weight excluding hydrogens is 308 g/mol. The first-order chi connectivity index (χ1) is 11.0. The molecule has 4 nitrogen and oxygen atoms in total. The maximum Gasteiger partial charge on any atom is 0.269 e. The zero-order chi connectivity index (χ0) is 16.8. The van der Waals surface area contributed by atoms with E-state index >= 15 is 0 Å². The number of amides is 2. The minimum Gasteiger partial charge on any atom is -0.272 e. The second-order valence-electron chi connectivity index (χ2n) is 5.34. The van der Waals surface area contributed by atoms with Crippen LogP contribution in [0, 0.1) is 13.8 Å². The number of aryl methyl sites for hydroxylation is 2. The number of hydrazine groups is 1. The van der Waals surface area contributed by atoms with E-state index in [1.807, 2.05) is 39.0 Å². The summed E-state index contributed by atoms with van der Waals surface area (Å²) in [6, 6.07) is 14.9. The summed E-state index contributed by atoms with van der Waals surface area (Å²) in [6.07, 6.45) is 0. The van der Waals surface area contributed by atoms with Gasteiger partial charge in [-0.05, 0) is 44.5 Å². The molecule has 23 heavy (non-hydrogen) atoms. The molecule has 2 amide bonds. The van der Waals surface area contributed by atoms with E-state index in [2.05, 4.69) is 16.9 Å². The molecule has 2 aromatic rings. The molecule has 0 saturated carbocycles. The zero-order valence-electron chi connectivity index (χ0n) is 13.4. The lowest BCUT2D eigenvalue weighted by molar-refractivity contribution is -0.121. The van der Waals surface area contributed by atoms with Gasteiger partial charge in [0, 0.05) is 10.5 Å². The summed E-state index contributed by atoms with van der Waals surface area (Å²) < 4.78 is 0. The summed E-state index contributed by atoms with van der Waals surface area (Å²) >= 11 is 1.47. The van der Waals surface area contributed by atoms with Crippen LogP contribution < -0.4 is 10.9 Å². The molecule has 120 valence electrons. The summed E-state index contributed by atoms with van der Waals surface area (Å²) in [5.41, 5.74) is 7.75. The second kappa shape index (κ2) is 7.83. The van der Waals surface area contributed by atoms with Crippen LogP contribution in [-0.2, 0) is 4.79 Å². The highest BCUT2D eigenvalue weighted by Crippen LogP contribution is 2.27. The fourth-order valence-electron chi connectivity index (χ4n) is 2.06. The van der Waals surface area contributed by atoms with Crippen molar-refractivity contribution in [3.05, 3.63) is 65.2 Å². The van der Waals surface area contributed by atoms with Gasteiger partial charge in [0.25, 0.3) is 11.8 Å². The van der Waals surface area contributed by atoms with Crippen molar-refractivity contribution in [1.29, 1.82) is 0 Å². The van der Waals surface area contributed by atoms with Crippen LogP contribution in [0.3, 0.4) is 0 Å². The van der Waals surface area contributed by atoms with Crippen LogP contribution in [0.25, 0.3) is 0 Å². The standard InChI is InChI=1S/C18H20N2O2S/c1-12-9-10-16(13(2)11-12)23-14(3)17(21)19-20-18(22)15-7-5-4-6-8-15/h4-11,14H,1-3H3,(H,19,21)(H,20,22)/t14-/m1/s1. The van der Waals surface area contributed by atoms with E-state index in [0.29, 0.717) is 5.56 Å². The quantitative estimate of drug-likeness (QED) is 0.669. The summed E-state index contributed by atoms with van der Waals surface area (Å²) in [7, 11) is 0. The highest BCUT2D eigenvalue weighted by atomic mass is 32.2. The van der Waals surface area contributed by atoms with Crippen molar-refractivity contribution < 1.29 is 9.59 Å². The van der Waals surface area contributed by atoms with E-state index in [9.17, 15) is 9.59 Å². The number of hydrogen-bond acceptors (Lipinski definition) is 3. The van der Waals surface area contributed by atoms with E-state index in [1.54, 1.807) is 24.3 Å². The van der Waals surface area contributed by atoms with Crippen LogP contribution in [0.1, 0.15) is 28.4 Å². The normalized spacial score (nSPS) is 11.6. The average molecular weight is 328 g/mol. The van der Waals surface area contributed by atoms with Gasteiger partial charge in [-0.2, -0.15) is 0 Å². The van der Waals surface area contributed by atoms with Crippen molar-refractivity contribution in [1.82, 2.24) is 10.9 Å². The summed E-state index contributed by atoms with van der Waals surface area (Å²) in [5.74, 6) is -0.568. The predicted octanol–water partition coefficient (Wildman–Crippen LogP) is 3.25. The molecule has 2 rings (SSSR count). The van der Waals surface area contributed by atoms with Gasteiger partial charge >= 0.3 is 0 Å². The third-order valence-corrected chi connectivity index (χ3v) is 4.62. The fraction of sp³-hybridized carbons (Fsp3) is 0.222. The Bertz CT molecular complexity index is 701. The maximum atomic E-state index is 12.1. The Hall–Kier alpha value is -2.27. The minimum absolute atomic E-state index is 0.237. The SMILES string of the molecule is Cc1ccc(S[C@H](C)C(=O)NNC(=O)c2ccccc2)c(C)c1. The lowest BCUT2D eigenvalue weighted by Gasteiger charge is -2.14. The number of nitrogens with one attached hydrogen (secondary N) is 2. The van der Waals surface area contributed by atoms with Gasteiger partial charge in [0.1, 0.15) is 0 Å². The predicted molar refractivity (Wildman–Crippen MR) is 93.3 cm³/mol. The molecule has 0 aromatic heterocycles. The Kier molecular flexibility index (Phi) is 5.82. The van der Waals surface area contributed by atoms with Crippen molar-refractivity contribution in [3.8, 4) is 0 Å². The summed E-state index contributed by atoms with van der Waals surface area (Å²) in [6.45, 7) is 5.88. The van der Waals surface area contributed by atoms with Gasteiger partial charge in [-0.15, -0.1) is 11.8 Å². The third kappa shape index (κ3) is 4.86. The van der Waals surface area contributed by atoms with Crippen LogP contribution in [-0.4, -0.2) is 17.1 Å². The zero-order valence-corrected chi connectivity index (χ0v) is 14.2.